The molecule has 0 aliphatic carbocycles. The van der Waals surface area contributed by atoms with E-state index >= 15 is 0 Å². The molecule has 6 heterocycles. The largest absolute Gasteiger partial charge is 0.477 e. The lowest BCUT2D eigenvalue weighted by atomic mass is 9.98. The lowest BCUT2D eigenvalue weighted by molar-refractivity contribution is 0.0513. The van der Waals surface area contributed by atoms with Crippen LogP contribution in [0, 0.1) is 13.8 Å². The summed E-state index contributed by atoms with van der Waals surface area (Å²) >= 11 is 2.74. The lowest BCUT2D eigenvalue weighted by Crippen LogP contribution is -2.27. The highest BCUT2D eigenvalue weighted by Gasteiger charge is 2.22. The number of carboxylic acid groups (broad SMARTS) is 1. The molecule has 0 saturated carbocycles. The number of Topliss-reactive ketones (excluding diaryl/α,β-unsaturated/α-hetero) is 1. The zero-order valence-electron chi connectivity index (χ0n) is 42.8. The van der Waals surface area contributed by atoms with Crippen LogP contribution in [-0.2, 0) is 28.4 Å². The number of thiazole rings is 2. The minimum atomic E-state index is -0.900. The van der Waals surface area contributed by atoms with Crippen molar-refractivity contribution < 1.29 is 24.2 Å². The van der Waals surface area contributed by atoms with Crippen molar-refractivity contribution in [2.75, 3.05) is 10.6 Å². The number of carboxylic acids is 1. The first-order chi connectivity index (χ1) is 33.9. The highest BCUT2D eigenvalue weighted by molar-refractivity contribution is 7.14. The molecule has 6 aromatic heterocycles. The van der Waals surface area contributed by atoms with Gasteiger partial charge in [-0.05, 0) is 94.0 Å². The number of nitrogens with zero attached hydrogens (tertiary/aromatic N) is 9. The van der Waals surface area contributed by atoms with Crippen LogP contribution in [0.15, 0.2) is 98.1 Å². The van der Waals surface area contributed by atoms with Crippen molar-refractivity contribution in [2.24, 2.45) is 0 Å². The quantitative estimate of drug-likeness (QED) is 0.0834. The van der Waals surface area contributed by atoms with Gasteiger partial charge in [0, 0.05) is 53.2 Å². The Morgan fingerprint density at radius 1 is 0.694 bits per heavy atom. The fourth-order valence-corrected chi connectivity index (χ4v) is 8.52. The van der Waals surface area contributed by atoms with Gasteiger partial charge in [-0.25, -0.2) is 39.5 Å². The molecule has 376 valence electrons. The molecule has 19 heteroatoms. The number of aromatic carboxylic acids is 1. The summed E-state index contributed by atoms with van der Waals surface area (Å²) in [6.07, 6.45) is 14.7. The van der Waals surface area contributed by atoms with Gasteiger partial charge in [0.2, 0.25) is 11.9 Å². The zero-order valence-corrected chi connectivity index (χ0v) is 44.4. The van der Waals surface area contributed by atoms with Crippen molar-refractivity contribution in [3.8, 4) is 22.5 Å². The van der Waals surface area contributed by atoms with E-state index in [1.165, 1.54) is 46.2 Å². The maximum absolute atomic E-state index is 12.7. The van der Waals surface area contributed by atoms with E-state index in [1.54, 1.807) is 37.2 Å². The Kier molecular flexibility index (Phi) is 17.3. The predicted octanol–water partition coefficient (Wildman–Crippen LogP) is 12.4. The van der Waals surface area contributed by atoms with Crippen LogP contribution < -0.4 is 10.6 Å². The summed E-state index contributed by atoms with van der Waals surface area (Å²) in [5.41, 5.74) is 9.27. The Hall–Kier alpha value is -7.51. The van der Waals surface area contributed by atoms with Crippen LogP contribution in [-0.4, -0.2) is 78.4 Å². The third-order valence-electron chi connectivity index (χ3n) is 10.5. The molecule has 0 amide bonds. The minimum absolute atomic E-state index is 0.0372. The molecule has 0 aliphatic heterocycles. The van der Waals surface area contributed by atoms with Crippen LogP contribution in [0.25, 0.3) is 22.5 Å². The van der Waals surface area contributed by atoms with Crippen molar-refractivity contribution in [3.63, 3.8) is 0 Å². The van der Waals surface area contributed by atoms with E-state index in [4.69, 9.17) is 9.84 Å². The number of hydrogen-bond donors (Lipinski definition) is 4. The fraction of sp³-hybridized carbons (Fsp3) is 0.340. The van der Waals surface area contributed by atoms with E-state index in [0.29, 0.717) is 35.3 Å². The first kappa shape index (κ1) is 53.8. The third-order valence-corrected chi connectivity index (χ3v) is 13.4. The van der Waals surface area contributed by atoms with E-state index in [2.05, 4.69) is 128 Å². The van der Waals surface area contributed by atoms with Gasteiger partial charge in [0.15, 0.2) is 5.78 Å². The van der Waals surface area contributed by atoms with Crippen LogP contribution in [0.1, 0.15) is 127 Å². The zero-order chi connectivity index (χ0) is 52.4. The molecule has 0 atom stereocenters. The Bertz CT molecular complexity index is 3120. The molecule has 0 spiro atoms. The van der Waals surface area contributed by atoms with Gasteiger partial charge in [0.1, 0.15) is 10.5 Å². The summed E-state index contributed by atoms with van der Waals surface area (Å²) in [6, 6.07) is 16.3. The van der Waals surface area contributed by atoms with Gasteiger partial charge >= 0.3 is 12.1 Å². The minimum Gasteiger partial charge on any atom is -0.477 e. The molecule has 8 aromatic rings. The number of ether oxygens (including phenoxy) is 1. The number of aryl methyl sites for hydroxylation is 4. The number of benzene rings is 2. The number of hydrogen-bond acceptors (Lipinski definition) is 16. The fourth-order valence-electron chi connectivity index (χ4n) is 6.76. The highest BCUT2D eigenvalue weighted by Crippen LogP contribution is 2.30. The number of H-pyrrole nitrogens is 1. The Labute approximate surface area is 428 Å². The predicted molar refractivity (Wildman–Crippen MR) is 284 cm³/mol. The van der Waals surface area contributed by atoms with Gasteiger partial charge in [-0.3, -0.25) is 9.89 Å². The van der Waals surface area contributed by atoms with Gasteiger partial charge in [0.05, 0.1) is 62.4 Å². The highest BCUT2D eigenvalue weighted by atomic mass is 32.1. The summed E-state index contributed by atoms with van der Waals surface area (Å²) in [7, 11) is 0. The summed E-state index contributed by atoms with van der Waals surface area (Å²) in [6.45, 7) is 24.1. The van der Waals surface area contributed by atoms with Gasteiger partial charge in [-0.1, -0.05) is 72.7 Å². The van der Waals surface area contributed by atoms with E-state index in [9.17, 15) is 14.4 Å². The number of nitrogens with one attached hydrogen (secondary N) is 3. The molecule has 0 unspecified atom stereocenters. The smallest absolute Gasteiger partial charge is 0.435 e. The summed E-state index contributed by atoms with van der Waals surface area (Å²) < 4.78 is 6.44. The normalized spacial score (nSPS) is 11.4. The van der Waals surface area contributed by atoms with Crippen LogP contribution >= 0.6 is 22.7 Å². The summed E-state index contributed by atoms with van der Waals surface area (Å²) in [5, 5.41) is 27.4. The molecule has 0 aliphatic rings. The maximum Gasteiger partial charge on any atom is 0.435 e. The number of carbonyl (C=O) groups is 3. The Balaban J connectivity index is 0.000000193. The van der Waals surface area contributed by atoms with Crippen molar-refractivity contribution >= 4 is 63.8 Å². The number of ketones is 1. The average molecular weight is 1010 g/mol. The first-order valence-corrected chi connectivity index (χ1v) is 24.9. The number of aromatic amines is 1. The van der Waals surface area contributed by atoms with Crippen LogP contribution in [0.4, 0.5) is 28.1 Å². The standard InChI is InChI=1S/C24H26N6OS.C21H25N5O2.C8H11NO2S/c1-15-11-17(19-9-10-25-23(30-19)29-18-12-27-28-13-18)6-5-16(15)7-8-20(31)21-14-26-22(32-21)24(2,3)4;1-6-15-7-8-16(11-14(15)2)18-9-10-22-19(25-18)24-17-12-23-26(13-17)20(27)28-21(3,4)5;1-8(2,3)7-9-4-5(12-7)6(10)11/h5-6,9-14H,7-8H2,1-4H3,(H,27,28)(H,25,29,30);7-13H,6H2,1-5H3,(H,22,24,25);4H,1-3H3,(H,10,11). The van der Waals surface area contributed by atoms with Crippen LogP contribution in [0.2, 0.25) is 0 Å². The summed E-state index contributed by atoms with van der Waals surface area (Å²) in [4.78, 5) is 62.5. The van der Waals surface area contributed by atoms with Gasteiger partial charge in [0.25, 0.3) is 0 Å². The van der Waals surface area contributed by atoms with E-state index in [0.717, 1.165) is 65.3 Å². The topological polar surface area (TPSA) is 229 Å². The average Bonchev–Trinajstić information content (AvgIpc) is 4.17. The number of aromatic nitrogens is 10. The maximum atomic E-state index is 12.7. The van der Waals surface area contributed by atoms with Crippen molar-refractivity contribution in [2.45, 2.75) is 119 Å². The molecule has 2 aromatic carbocycles. The lowest BCUT2D eigenvalue weighted by Gasteiger charge is -2.18. The van der Waals surface area contributed by atoms with Crippen LogP contribution in [0.5, 0.6) is 0 Å². The van der Waals surface area contributed by atoms with E-state index in [-0.39, 0.29) is 16.6 Å². The molecule has 0 bridgehead atoms. The molecule has 0 radical (unpaired) electrons. The molecule has 4 N–H and O–H groups in total. The van der Waals surface area contributed by atoms with Gasteiger partial charge < -0.3 is 20.5 Å². The van der Waals surface area contributed by atoms with Crippen molar-refractivity contribution in [1.82, 2.24) is 49.9 Å². The molecular formula is C53H62N12O5S2. The van der Waals surface area contributed by atoms with Gasteiger partial charge in [-0.2, -0.15) is 14.9 Å². The Morgan fingerprint density at radius 2 is 1.24 bits per heavy atom. The number of rotatable bonds is 12. The monoisotopic (exact) mass is 1010 g/mol. The second kappa shape index (κ2) is 23.1. The van der Waals surface area contributed by atoms with E-state index < -0.39 is 17.7 Å². The molecule has 8 rings (SSSR count). The SMILES string of the molecule is CC(C)(C)c1ncc(C(=O)O)s1.CCc1ccc(-c2ccnc(Nc3cnn(C(=O)OC(C)(C)C)c3)n2)cc1C.Cc1cc(-c2ccnc(Nc3cn[nH]c3)n2)ccc1CCC(=O)c1cnc(C(C)(C)C)s1. The second-order valence-electron chi connectivity index (χ2n) is 19.8. The summed E-state index contributed by atoms with van der Waals surface area (Å²) in [5.74, 6) is 0.184. The first-order valence-electron chi connectivity index (χ1n) is 23.3. The molecule has 17 nitrogen and oxygen atoms in total. The van der Waals surface area contributed by atoms with Crippen molar-refractivity contribution in [1.29, 1.82) is 0 Å². The number of anilines is 4. The Morgan fingerprint density at radius 3 is 1.71 bits per heavy atom. The molecule has 0 saturated heterocycles. The number of carbonyl (C=O) groups excluding carboxylic acids is 2. The van der Waals surface area contributed by atoms with E-state index in [1.807, 2.05) is 59.7 Å². The molecule has 72 heavy (non-hydrogen) atoms. The second-order valence-corrected chi connectivity index (χ2v) is 21.9. The van der Waals surface area contributed by atoms with Gasteiger partial charge in [-0.15, -0.1) is 22.7 Å². The molecular weight excluding hydrogens is 949 g/mol. The third kappa shape index (κ3) is 15.2. The van der Waals surface area contributed by atoms with Crippen LogP contribution in [0.3, 0.4) is 0 Å². The van der Waals surface area contributed by atoms with Crippen molar-refractivity contribution in [3.05, 3.63) is 140 Å². The molecule has 0 fully saturated rings.